The van der Waals surface area contributed by atoms with Crippen molar-refractivity contribution < 1.29 is 9.59 Å². The summed E-state index contributed by atoms with van der Waals surface area (Å²) in [7, 11) is 5.62. The zero-order chi connectivity index (χ0) is 12.6. The van der Waals surface area contributed by atoms with E-state index < -0.39 is 0 Å². The highest BCUT2D eigenvalue weighted by Crippen LogP contribution is 1.92. The Balaban J connectivity index is 3.77. The van der Waals surface area contributed by atoms with Crippen LogP contribution in [0.3, 0.4) is 0 Å². The molecule has 0 aromatic rings. The van der Waals surface area contributed by atoms with Crippen molar-refractivity contribution in [1.29, 1.82) is 0 Å². The van der Waals surface area contributed by atoms with E-state index in [9.17, 15) is 9.59 Å². The highest BCUT2D eigenvalue weighted by atomic mass is 35.5. The van der Waals surface area contributed by atoms with Crippen LogP contribution in [0.4, 0.5) is 4.79 Å². The van der Waals surface area contributed by atoms with E-state index in [2.05, 4.69) is 5.32 Å². The first kappa shape index (κ1) is 15.2. The highest BCUT2D eigenvalue weighted by molar-refractivity contribution is 6.19. The molecule has 0 aromatic carbocycles. The van der Waals surface area contributed by atoms with Gasteiger partial charge in [0.2, 0.25) is 5.91 Å². The van der Waals surface area contributed by atoms with Gasteiger partial charge in [0.15, 0.2) is 0 Å². The summed E-state index contributed by atoms with van der Waals surface area (Å²) in [5.41, 5.74) is 0. The normalized spacial score (nSPS) is 10.3. The van der Waals surface area contributed by atoms with Crippen LogP contribution in [0.2, 0.25) is 0 Å². The number of halogens is 1. The molecule has 6 heteroatoms. The number of nitrogens with zero attached hydrogens (tertiary/aromatic N) is 2. The lowest BCUT2D eigenvalue weighted by molar-refractivity contribution is -0.119. The fourth-order valence-electron chi connectivity index (χ4n) is 1.09. The molecule has 0 spiro atoms. The van der Waals surface area contributed by atoms with Gasteiger partial charge in [-0.05, 0) is 27.1 Å². The Bertz CT molecular complexity index is 234. The quantitative estimate of drug-likeness (QED) is 0.707. The van der Waals surface area contributed by atoms with Crippen LogP contribution >= 0.6 is 11.6 Å². The van der Waals surface area contributed by atoms with Crippen LogP contribution in [0.15, 0.2) is 0 Å². The van der Waals surface area contributed by atoms with Crippen LogP contribution in [0, 0.1) is 0 Å². The molecule has 0 unspecified atom stereocenters. The molecule has 5 nitrogen and oxygen atoms in total. The van der Waals surface area contributed by atoms with Crippen LogP contribution in [0.5, 0.6) is 0 Å². The van der Waals surface area contributed by atoms with Gasteiger partial charge in [0.05, 0.1) is 0 Å². The average Bonchev–Trinajstić information content (AvgIpc) is 2.17. The van der Waals surface area contributed by atoms with Crippen molar-refractivity contribution in [1.82, 2.24) is 15.1 Å². The van der Waals surface area contributed by atoms with Crippen LogP contribution in [-0.4, -0.2) is 61.9 Å². The lowest BCUT2D eigenvalue weighted by atomic mass is 10.4. The molecular weight excluding hydrogens is 230 g/mol. The first-order valence-electron chi connectivity index (χ1n) is 5.23. The summed E-state index contributed by atoms with van der Waals surface area (Å²) in [5.74, 6) is -0.108. The molecule has 1 N–H and O–H groups in total. The van der Waals surface area contributed by atoms with E-state index in [1.807, 2.05) is 19.0 Å². The standard InChI is InChI=1S/C10H20ClN3O2/c1-13(2)7-4-8-14(3)10(16)12-9(15)5-6-11/h4-8H2,1-3H3,(H,12,15,16). The predicted octanol–water partition coefficient (Wildman–Crippen LogP) is 0.735. The van der Waals surface area contributed by atoms with Crippen molar-refractivity contribution in [2.24, 2.45) is 0 Å². The lowest BCUT2D eigenvalue weighted by Gasteiger charge is -2.18. The second-order valence-electron chi connectivity index (χ2n) is 3.87. The van der Waals surface area contributed by atoms with Gasteiger partial charge in [-0.15, -0.1) is 11.6 Å². The van der Waals surface area contributed by atoms with Gasteiger partial charge in [-0.2, -0.15) is 0 Å². The molecule has 0 saturated carbocycles. The largest absolute Gasteiger partial charge is 0.327 e. The molecule has 0 atom stereocenters. The highest BCUT2D eigenvalue weighted by Gasteiger charge is 2.11. The molecule has 16 heavy (non-hydrogen) atoms. The van der Waals surface area contributed by atoms with Crippen molar-refractivity contribution in [2.45, 2.75) is 12.8 Å². The number of hydrogen-bond acceptors (Lipinski definition) is 3. The number of imide groups is 1. The summed E-state index contributed by atoms with van der Waals surface area (Å²) < 4.78 is 0. The van der Waals surface area contributed by atoms with Crippen LogP contribution in [-0.2, 0) is 4.79 Å². The predicted molar refractivity (Wildman–Crippen MR) is 64.7 cm³/mol. The lowest BCUT2D eigenvalue weighted by Crippen LogP contribution is -2.41. The zero-order valence-electron chi connectivity index (χ0n) is 10.1. The van der Waals surface area contributed by atoms with Crippen molar-refractivity contribution in [2.75, 3.05) is 40.1 Å². The number of carbonyl (C=O) groups excluding carboxylic acids is 2. The molecule has 0 rings (SSSR count). The number of amides is 3. The Morgan fingerprint density at radius 2 is 1.81 bits per heavy atom. The maximum Gasteiger partial charge on any atom is 0.323 e. The maximum absolute atomic E-state index is 11.4. The fourth-order valence-corrected chi connectivity index (χ4v) is 1.26. The van der Waals surface area contributed by atoms with Crippen molar-refractivity contribution in [3.05, 3.63) is 0 Å². The Morgan fingerprint density at radius 1 is 1.19 bits per heavy atom. The fraction of sp³-hybridized carbons (Fsp3) is 0.800. The summed E-state index contributed by atoms with van der Waals surface area (Å²) in [4.78, 5) is 26.1. The topological polar surface area (TPSA) is 52.6 Å². The summed E-state index contributed by atoms with van der Waals surface area (Å²) in [6.07, 6.45) is 1.04. The third kappa shape index (κ3) is 7.48. The zero-order valence-corrected chi connectivity index (χ0v) is 10.9. The number of hydrogen-bond donors (Lipinski definition) is 1. The minimum absolute atomic E-state index is 0.166. The van der Waals surface area contributed by atoms with E-state index in [4.69, 9.17) is 11.6 Å². The summed E-state index contributed by atoms with van der Waals surface area (Å²) >= 11 is 5.39. The Morgan fingerprint density at radius 3 is 2.31 bits per heavy atom. The molecule has 0 heterocycles. The second kappa shape index (κ2) is 8.35. The van der Waals surface area contributed by atoms with Crippen molar-refractivity contribution in [3.8, 4) is 0 Å². The third-order valence-corrected chi connectivity index (χ3v) is 2.20. The van der Waals surface area contributed by atoms with Gasteiger partial charge in [-0.1, -0.05) is 0 Å². The average molecular weight is 250 g/mol. The molecule has 0 aliphatic carbocycles. The molecule has 0 aliphatic rings. The maximum atomic E-state index is 11.4. The first-order valence-corrected chi connectivity index (χ1v) is 5.76. The molecule has 0 radical (unpaired) electrons. The summed E-state index contributed by atoms with van der Waals surface area (Å²) in [5, 5.41) is 2.27. The molecule has 3 amide bonds. The Kier molecular flexibility index (Phi) is 7.93. The molecule has 0 saturated heterocycles. The SMILES string of the molecule is CN(C)CCCN(C)C(=O)NC(=O)CCCl. The monoisotopic (exact) mass is 249 g/mol. The number of urea groups is 1. The molecule has 94 valence electrons. The Labute approximate surface area is 102 Å². The van der Waals surface area contributed by atoms with E-state index in [1.54, 1.807) is 7.05 Å². The van der Waals surface area contributed by atoms with Gasteiger partial charge in [-0.3, -0.25) is 10.1 Å². The number of alkyl halides is 1. The second-order valence-corrected chi connectivity index (χ2v) is 4.25. The summed E-state index contributed by atoms with van der Waals surface area (Å²) in [6.45, 7) is 1.53. The number of nitrogens with one attached hydrogen (secondary N) is 1. The van der Waals surface area contributed by atoms with Gasteiger partial charge in [0.25, 0.3) is 0 Å². The van der Waals surface area contributed by atoms with Gasteiger partial charge >= 0.3 is 6.03 Å². The number of rotatable bonds is 6. The van der Waals surface area contributed by atoms with Crippen LogP contribution in [0.25, 0.3) is 0 Å². The number of carbonyl (C=O) groups is 2. The molecule has 0 bridgehead atoms. The van der Waals surface area contributed by atoms with E-state index in [1.165, 1.54) is 4.90 Å². The van der Waals surface area contributed by atoms with Crippen LogP contribution < -0.4 is 5.32 Å². The van der Waals surface area contributed by atoms with E-state index >= 15 is 0 Å². The molecule has 0 aliphatic heterocycles. The smallest absolute Gasteiger partial charge is 0.323 e. The molecule has 0 aromatic heterocycles. The van der Waals surface area contributed by atoms with E-state index in [0.717, 1.165) is 13.0 Å². The summed E-state index contributed by atoms with van der Waals surface area (Å²) in [6, 6.07) is -0.367. The first-order chi connectivity index (χ1) is 7.47. The molecular formula is C10H20ClN3O2. The van der Waals surface area contributed by atoms with Gasteiger partial charge < -0.3 is 9.80 Å². The van der Waals surface area contributed by atoms with Gasteiger partial charge in [0, 0.05) is 25.9 Å². The van der Waals surface area contributed by atoms with Gasteiger partial charge in [0.1, 0.15) is 0 Å². The van der Waals surface area contributed by atoms with E-state index in [-0.39, 0.29) is 24.2 Å². The minimum atomic E-state index is -0.367. The van der Waals surface area contributed by atoms with E-state index in [0.29, 0.717) is 6.54 Å². The van der Waals surface area contributed by atoms with Crippen molar-refractivity contribution >= 4 is 23.5 Å². The minimum Gasteiger partial charge on any atom is -0.327 e. The van der Waals surface area contributed by atoms with Crippen LogP contribution in [0.1, 0.15) is 12.8 Å². The van der Waals surface area contributed by atoms with Gasteiger partial charge in [-0.25, -0.2) is 4.79 Å². The Hall–Kier alpha value is -0.810. The third-order valence-electron chi connectivity index (χ3n) is 2.01. The van der Waals surface area contributed by atoms with Crippen molar-refractivity contribution in [3.63, 3.8) is 0 Å². The molecule has 0 fully saturated rings.